The van der Waals surface area contributed by atoms with Crippen molar-refractivity contribution in [2.45, 2.75) is 23.7 Å². The van der Waals surface area contributed by atoms with Gasteiger partial charge in [0, 0.05) is 17.7 Å². The lowest BCUT2D eigenvalue weighted by Gasteiger charge is -2.23. The standard InChI is InChI=1S/C18H14ClFO2S/c19-14-10-13(20)6-7-17(14)23-18-15(21)8-12(9-16(18)22)11-4-2-1-3-5-11/h1-7,10,12,21H,8-9H2. The molecule has 1 aliphatic rings. The Labute approximate surface area is 143 Å². The molecule has 1 unspecified atom stereocenters. The zero-order chi connectivity index (χ0) is 16.4. The molecule has 23 heavy (non-hydrogen) atoms. The van der Waals surface area contributed by atoms with E-state index in [0.717, 1.165) is 17.3 Å². The molecule has 3 rings (SSSR count). The molecule has 0 spiro atoms. The minimum Gasteiger partial charge on any atom is -0.511 e. The van der Waals surface area contributed by atoms with Crippen molar-refractivity contribution < 1.29 is 14.3 Å². The van der Waals surface area contributed by atoms with Crippen LogP contribution in [0.5, 0.6) is 0 Å². The molecule has 0 amide bonds. The van der Waals surface area contributed by atoms with Crippen molar-refractivity contribution in [3.05, 3.63) is 75.6 Å². The van der Waals surface area contributed by atoms with E-state index >= 15 is 0 Å². The first-order valence-corrected chi connectivity index (χ1v) is 8.37. The fraction of sp³-hybridized carbons (Fsp3) is 0.167. The number of benzene rings is 2. The molecule has 0 bridgehead atoms. The van der Waals surface area contributed by atoms with Crippen LogP contribution in [0.25, 0.3) is 0 Å². The maximum atomic E-state index is 13.1. The number of carbonyl (C=O) groups is 1. The van der Waals surface area contributed by atoms with Gasteiger partial charge in [-0.25, -0.2) is 4.39 Å². The number of halogens is 2. The SMILES string of the molecule is O=C1CC(c2ccccc2)CC(O)=C1Sc1ccc(F)cc1Cl. The van der Waals surface area contributed by atoms with Gasteiger partial charge in [-0.05, 0) is 29.7 Å². The normalized spacial score (nSPS) is 18.3. The Balaban J connectivity index is 1.84. The molecule has 0 aromatic heterocycles. The Morgan fingerprint density at radius 2 is 1.87 bits per heavy atom. The first-order valence-electron chi connectivity index (χ1n) is 7.17. The molecule has 0 fully saturated rings. The molecule has 1 atom stereocenters. The number of rotatable bonds is 3. The summed E-state index contributed by atoms with van der Waals surface area (Å²) in [5, 5.41) is 10.5. The van der Waals surface area contributed by atoms with E-state index in [2.05, 4.69) is 0 Å². The lowest BCUT2D eigenvalue weighted by molar-refractivity contribution is -0.115. The van der Waals surface area contributed by atoms with Gasteiger partial charge in [0.1, 0.15) is 11.6 Å². The number of Topliss-reactive ketones (excluding diaryl/α,β-unsaturated/α-hetero) is 1. The van der Waals surface area contributed by atoms with Crippen molar-refractivity contribution >= 4 is 29.1 Å². The average Bonchev–Trinajstić information content (AvgIpc) is 2.53. The lowest BCUT2D eigenvalue weighted by Crippen LogP contribution is -2.17. The zero-order valence-electron chi connectivity index (χ0n) is 12.1. The highest BCUT2D eigenvalue weighted by atomic mass is 35.5. The fourth-order valence-corrected chi connectivity index (χ4v) is 3.81. The smallest absolute Gasteiger partial charge is 0.173 e. The van der Waals surface area contributed by atoms with E-state index < -0.39 is 5.82 Å². The van der Waals surface area contributed by atoms with Crippen molar-refractivity contribution in [3.8, 4) is 0 Å². The molecular weight excluding hydrogens is 335 g/mol. The van der Waals surface area contributed by atoms with Crippen LogP contribution in [-0.4, -0.2) is 10.9 Å². The Morgan fingerprint density at radius 1 is 1.13 bits per heavy atom. The first-order chi connectivity index (χ1) is 11.0. The predicted molar refractivity (Wildman–Crippen MR) is 90.3 cm³/mol. The Morgan fingerprint density at radius 3 is 2.52 bits per heavy atom. The lowest BCUT2D eigenvalue weighted by atomic mass is 9.86. The molecule has 118 valence electrons. The van der Waals surface area contributed by atoms with E-state index in [-0.39, 0.29) is 22.5 Å². The van der Waals surface area contributed by atoms with Gasteiger partial charge in [-0.2, -0.15) is 0 Å². The number of hydrogen-bond donors (Lipinski definition) is 1. The van der Waals surface area contributed by atoms with Gasteiger partial charge in [-0.3, -0.25) is 4.79 Å². The van der Waals surface area contributed by atoms with Crippen molar-refractivity contribution in [1.29, 1.82) is 0 Å². The first kappa shape index (κ1) is 16.1. The van der Waals surface area contributed by atoms with E-state index in [9.17, 15) is 14.3 Å². The highest BCUT2D eigenvalue weighted by molar-refractivity contribution is 8.04. The van der Waals surface area contributed by atoms with Crippen molar-refractivity contribution in [3.63, 3.8) is 0 Å². The van der Waals surface area contributed by atoms with Crippen LogP contribution in [0, 0.1) is 5.82 Å². The Hall–Kier alpha value is -1.78. The van der Waals surface area contributed by atoms with Crippen LogP contribution >= 0.6 is 23.4 Å². The molecule has 0 aliphatic heterocycles. The minimum atomic E-state index is -0.434. The maximum absolute atomic E-state index is 13.1. The van der Waals surface area contributed by atoms with Crippen LogP contribution < -0.4 is 0 Å². The van der Waals surface area contributed by atoms with Gasteiger partial charge in [-0.15, -0.1) is 0 Å². The van der Waals surface area contributed by atoms with Crippen molar-refractivity contribution in [1.82, 2.24) is 0 Å². The van der Waals surface area contributed by atoms with Gasteiger partial charge in [0.15, 0.2) is 5.78 Å². The maximum Gasteiger partial charge on any atom is 0.173 e. The van der Waals surface area contributed by atoms with Gasteiger partial charge < -0.3 is 5.11 Å². The summed E-state index contributed by atoms with van der Waals surface area (Å²) in [4.78, 5) is 13.3. The number of aliphatic hydroxyl groups is 1. The van der Waals surface area contributed by atoms with Gasteiger partial charge in [0.05, 0.1) is 9.93 Å². The van der Waals surface area contributed by atoms with Crippen molar-refractivity contribution in [2.75, 3.05) is 0 Å². The number of thioether (sulfide) groups is 1. The van der Waals surface area contributed by atoms with Crippen LogP contribution in [0.2, 0.25) is 5.02 Å². The minimum absolute atomic E-state index is 0.0169. The monoisotopic (exact) mass is 348 g/mol. The molecule has 0 saturated heterocycles. The second-order valence-corrected chi connectivity index (χ2v) is 6.85. The topological polar surface area (TPSA) is 37.3 Å². The second-order valence-electron chi connectivity index (χ2n) is 5.39. The van der Waals surface area contributed by atoms with Crippen LogP contribution in [0.15, 0.2) is 64.1 Å². The van der Waals surface area contributed by atoms with Gasteiger partial charge in [0.25, 0.3) is 0 Å². The van der Waals surface area contributed by atoms with Crippen LogP contribution in [0.3, 0.4) is 0 Å². The highest BCUT2D eigenvalue weighted by Gasteiger charge is 2.29. The van der Waals surface area contributed by atoms with Crippen LogP contribution in [0.1, 0.15) is 24.3 Å². The highest BCUT2D eigenvalue weighted by Crippen LogP contribution is 2.41. The van der Waals surface area contributed by atoms with Crippen LogP contribution in [-0.2, 0) is 4.79 Å². The van der Waals surface area contributed by atoms with E-state index in [0.29, 0.717) is 22.6 Å². The van der Waals surface area contributed by atoms with Gasteiger partial charge in [-0.1, -0.05) is 53.7 Å². The molecule has 1 aliphatic carbocycles. The largest absolute Gasteiger partial charge is 0.511 e. The van der Waals surface area contributed by atoms with E-state index in [1.165, 1.54) is 18.2 Å². The third kappa shape index (κ3) is 3.59. The second kappa shape index (κ2) is 6.77. The van der Waals surface area contributed by atoms with Crippen molar-refractivity contribution in [2.24, 2.45) is 0 Å². The average molecular weight is 349 g/mol. The predicted octanol–water partition coefficient (Wildman–Crippen LogP) is 5.49. The van der Waals surface area contributed by atoms with E-state index in [1.54, 1.807) is 0 Å². The molecule has 2 nitrogen and oxygen atoms in total. The molecule has 0 radical (unpaired) electrons. The summed E-state index contributed by atoms with van der Waals surface area (Å²) in [6.45, 7) is 0. The summed E-state index contributed by atoms with van der Waals surface area (Å²) in [6, 6.07) is 13.7. The molecule has 1 N–H and O–H groups in total. The summed E-state index contributed by atoms with van der Waals surface area (Å²) < 4.78 is 13.1. The third-order valence-corrected chi connectivity index (χ3v) is 5.43. The fourth-order valence-electron chi connectivity index (χ4n) is 2.62. The zero-order valence-corrected chi connectivity index (χ0v) is 13.7. The molecule has 2 aromatic rings. The Bertz CT molecular complexity index is 774. The number of carbonyl (C=O) groups excluding carboxylic acids is 1. The summed E-state index contributed by atoms with van der Waals surface area (Å²) in [6.07, 6.45) is 0.756. The van der Waals surface area contributed by atoms with E-state index in [4.69, 9.17) is 11.6 Å². The number of aliphatic hydroxyl groups excluding tert-OH is 1. The summed E-state index contributed by atoms with van der Waals surface area (Å²) >= 11 is 7.09. The van der Waals surface area contributed by atoms with Gasteiger partial charge in [0.2, 0.25) is 0 Å². The molecule has 0 saturated carbocycles. The van der Waals surface area contributed by atoms with Crippen LogP contribution in [0.4, 0.5) is 4.39 Å². The number of allylic oxidation sites excluding steroid dienone is 2. The molecule has 0 heterocycles. The number of hydrogen-bond acceptors (Lipinski definition) is 3. The summed E-state index contributed by atoms with van der Waals surface area (Å²) in [5.41, 5.74) is 1.04. The quantitative estimate of drug-likeness (QED) is 0.797. The summed E-state index contributed by atoms with van der Waals surface area (Å²) in [7, 11) is 0. The molecule has 5 heteroatoms. The number of ketones is 1. The third-order valence-electron chi connectivity index (χ3n) is 3.76. The molecule has 2 aromatic carbocycles. The van der Waals surface area contributed by atoms with Gasteiger partial charge >= 0.3 is 0 Å². The Kier molecular flexibility index (Phi) is 4.74. The molecular formula is C18H14ClFO2S. The summed E-state index contributed by atoms with van der Waals surface area (Å²) in [5.74, 6) is -0.498. The van der Waals surface area contributed by atoms with E-state index in [1.807, 2.05) is 30.3 Å².